The SMILES string of the molecule is CC(C)OCCNc1nc[nH]c1CC(N)=O. The van der Waals surface area contributed by atoms with Crippen molar-refractivity contribution >= 4 is 11.7 Å². The van der Waals surface area contributed by atoms with Gasteiger partial charge in [-0.3, -0.25) is 4.79 Å². The first-order valence-electron chi connectivity index (χ1n) is 5.25. The van der Waals surface area contributed by atoms with Crippen molar-refractivity contribution in [3.8, 4) is 0 Å². The molecule has 0 aliphatic carbocycles. The Bertz CT molecular complexity index is 335. The number of aromatic amines is 1. The molecule has 0 spiro atoms. The van der Waals surface area contributed by atoms with Crippen LogP contribution in [-0.4, -0.2) is 35.1 Å². The molecule has 0 fully saturated rings. The average Bonchev–Trinajstić information content (AvgIpc) is 2.59. The van der Waals surface area contributed by atoms with Crippen molar-refractivity contribution in [1.82, 2.24) is 9.97 Å². The van der Waals surface area contributed by atoms with Crippen LogP contribution in [0, 0.1) is 0 Å². The van der Waals surface area contributed by atoms with E-state index in [0.29, 0.717) is 24.7 Å². The molecule has 6 heteroatoms. The molecule has 0 bridgehead atoms. The summed E-state index contributed by atoms with van der Waals surface area (Å²) in [6.07, 6.45) is 1.91. The number of carbonyl (C=O) groups is 1. The Morgan fingerprint density at radius 2 is 2.44 bits per heavy atom. The summed E-state index contributed by atoms with van der Waals surface area (Å²) in [5, 5.41) is 3.08. The Morgan fingerprint density at radius 1 is 1.69 bits per heavy atom. The summed E-state index contributed by atoms with van der Waals surface area (Å²) in [6.45, 7) is 5.20. The summed E-state index contributed by atoms with van der Waals surface area (Å²) >= 11 is 0. The zero-order valence-electron chi connectivity index (χ0n) is 9.62. The highest BCUT2D eigenvalue weighted by Crippen LogP contribution is 2.09. The first kappa shape index (κ1) is 12.5. The van der Waals surface area contributed by atoms with Crippen LogP contribution >= 0.6 is 0 Å². The minimum absolute atomic E-state index is 0.160. The number of primary amides is 1. The van der Waals surface area contributed by atoms with Gasteiger partial charge in [0.25, 0.3) is 0 Å². The van der Waals surface area contributed by atoms with Gasteiger partial charge in [0, 0.05) is 6.54 Å². The molecule has 16 heavy (non-hydrogen) atoms. The van der Waals surface area contributed by atoms with Crippen LogP contribution in [0.2, 0.25) is 0 Å². The van der Waals surface area contributed by atoms with E-state index in [4.69, 9.17) is 10.5 Å². The molecule has 1 heterocycles. The molecular weight excluding hydrogens is 208 g/mol. The number of H-pyrrole nitrogens is 1. The second-order valence-corrected chi connectivity index (χ2v) is 3.72. The predicted octanol–water partition coefficient (Wildman–Crippen LogP) is 0.274. The maximum absolute atomic E-state index is 10.8. The van der Waals surface area contributed by atoms with E-state index in [2.05, 4.69) is 15.3 Å². The third kappa shape index (κ3) is 4.31. The number of aromatic nitrogens is 2. The van der Waals surface area contributed by atoms with Crippen LogP contribution < -0.4 is 11.1 Å². The van der Waals surface area contributed by atoms with E-state index < -0.39 is 0 Å². The number of nitrogens with one attached hydrogen (secondary N) is 2. The molecule has 0 saturated heterocycles. The van der Waals surface area contributed by atoms with Crippen molar-refractivity contribution in [3.63, 3.8) is 0 Å². The summed E-state index contributed by atoms with van der Waals surface area (Å²) in [7, 11) is 0. The molecule has 1 rings (SSSR count). The van der Waals surface area contributed by atoms with Crippen LogP contribution in [-0.2, 0) is 16.0 Å². The second kappa shape index (κ2) is 6.12. The number of hydrogen-bond donors (Lipinski definition) is 3. The summed E-state index contributed by atoms with van der Waals surface area (Å²) in [4.78, 5) is 17.7. The van der Waals surface area contributed by atoms with Crippen LogP contribution in [0.4, 0.5) is 5.82 Å². The Hall–Kier alpha value is -1.56. The topological polar surface area (TPSA) is 93.0 Å². The third-order valence-corrected chi connectivity index (χ3v) is 1.91. The number of rotatable bonds is 7. The number of amides is 1. The first-order valence-corrected chi connectivity index (χ1v) is 5.25. The minimum Gasteiger partial charge on any atom is -0.377 e. The second-order valence-electron chi connectivity index (χ2n) is 3.72. The molecule has 0 aliphatic rings. The fraction of sp³-hybridized carbons (Fsp3) is 0.600. The van der Waals surface area contributed by atoms with Gasteiger partial charge in [-0.1, -0.05) is 0 Å². The quantitative estimate of drug-likeness (QED) is 0.582. The fourth-order valence-electron chi connectivity index (χ4n) is 1.25. The number of hydrogen-bond acceptors (Lipinski definition) is 4. The highest BCUT2D eigenvalue weighted by Gasteiger charge is 2.07. The van der Waals surface area contributed by atoms with Crippen LogP contribution in [0.25, 0.3) is 0 Å². The van der Waals surface area contributed by atoms with E-state index >= 15 is 0 Å². The molecule has 0 atom stereocenters. The van der Waals surface area contributed by atoms with Crippen molar-refractivity contribution in [2.75, 3.05) is 18.5 Å². The van der Waals surface area contributed by atoms with Gasteiger partial charge in [-0.15, -0.1) is 0 Å². The van der Waals surface area contributed by atoms with Crippen LogP contribution in [0.5, 0.6) is 0 Å². The molecule has 1 aromatic heterocycles. The van der Waals surface area contributed by atoms with Gasteiger partial charge in [0.1, 0.15) is 5.82 Å². The van der Waals surface area contributed by atoms with Crippen LogP contribution in [0.3, 0.4) is 0 Å². The summed E-state index contributed by atoms with van der Waals surface area (Å²) in [5.41, 5.74) is 5.81. The normalized spacial score (nSPS) is 10.7. The number of anilines is 1. The molecule has 0 saturated carbocycles. The standard InChI is InChI=1S/C10H18N4O2/c1-7(2)16-4-3-12-10-8(5-9(11)15)13-6-14-10/h6-7,12H,3-5H2,1-2H3,(H2,11,15)(H,13,14). The molecule has 0 radical (unpaired) electrons. The molecule has 0 unspecified atom stereocenters. The Balaban J connectivity index is 2.36. The van der Waals surface area contributed by atoms with Gasteiger partial charge in [-0.05, 0) is 13.8 Å². The van der Waals surface area contributed by atoms with E-state index in [-0.39, 0.29) is 18.4 Å². The lowest BCUT2D eigenvalue weighted by molar-refractivity contribution is -0.117. The average molecular weight is 226 g/mol. The molecule has 4 N–H and O–H groups in total. The van der Waals surface area contributed by atoms with Gasteiger partial charge in [-0.2, -0.15) is 0 Å². The first-order chi connectivity index (χ1) is 7.59. The van der Waals surface area contributed by atoms with Gasteiger partial charge in [0.05, 0.1) is 31.2 Å². The Morgan fingerprint density at radius 3 is 3.06 bits per heavy atom. The maximum Gasteiger partial charge on any atom is 0.223 e. The summed E-state index contributed by atoms with van der Waals surface area (Å²) in [5.74, 6) is 0.275. The van der Waals surface area contributed by atoms with Gasteiger partial charge in [0.2, 0.25) is 5.91 Å². The molecule has 90 valence electrons. The fourth-order valence-corrected chi connectivity index (χ4v) is 1.25. The zero-order chi connectivity index (χ0) is 12.0. The van der Waals surface area contributed by atoms with Crippen molar-refractivity contribution in [2.24, 2.45) is 5.73 Å². The molecular formula is C10H18N4O2. The number of ether oxygens (including phenoxy) is 1. The highest BCUT2D eigenvalue weighted by molar-refractivity contribution is 5.77. The van der Waals surface area contributed by atoms with Crippen molar-refractivity contribution in [1.29, 1.82) is 0 Å². The summed E-state index contributed by atoms with van der Waals surface area (Å²) < 4.78 is 5.37. The number of carbonyl (C=O) groups excluding carboxylic acids is 1. The van der Waals surface area contributed by atoms with Crippen molar-refractivity contribution in [2.45, 2.75) is 26.4 Å². The largest absolute Gasteiger partial charge is 0.377 e. The van der Waals surface area contributed by atoms with Gasteiger partial charge in [-0.25, -0.2) is 4.98 Å². The van der Waals surface area contributed by atoms with Crippen LogP contribution in [0.1, 0.15) is 19.5 Å². The lowest BCUT2D eigenvalue weighted by atomic mass is 10.3. The number of nitrogens with two attached hydrogens (primary N) is 1. The predicted molar refractivity (Wildman–Crippen MR) is 61.1 cm³/mol. The summed E-state index contributed by atoms with van der Waals surface area (Å²) in [6, 6.07) is 0. The van der Waals surface area contributed by atoms with Gasteiger partial charge < -0.3 is 20.8 Å². The minimum atomic E-state index is -0.384. The lowest BCUT2D eigenvalue weighted by Gasteiger charge is -2.08. The van der Waals surface area contributed by atoms with Gasteiger partial charge in [0.15, 0.2) is 0 Å². The van der Waals surface area contributed by atoms with E-state index in [1.54, 1.807) is 0 Å². The van der Waals surface area contributed by atoms with E-state index in [1.165, 1.54) is 6.33 Å². The van der Waals surface area contributed by atoms with Crippen molar-refractivity contribution < 1.29 is 9.53 Å². The van der Waals surface area contributed by atoms with Gasteiger partial charge >= 0.3 is 0 Å². The lowest BCUT2D eigenvalue weighted by Crippen LogP contribution is -2.17. The maximum atomic E-state index is 10.8. The van der Waals surface area contributed by atoms with E-state index in [9.17, 15) is 4.79 Å². The Kier molecular flexibility index (Phi) is 4.78. The highest BCUT2D eigenvalue weighted by atomic mass is 16.5. The molecule has 1 amide bonds. The molecule has 6 nitrogen and oxygen atoms in total. The number of nitrogens with zero attached hydrogens (tertiary/aromatic N) is 1. The van der Waals surface area contributed by atoms with E-state index in [0.717, 1.165) is 0 Å². The third-order valence-electron chi connectivity index (χ3n) is 1.91. The molecule has 1 aromatic rings. The number of imidazole rings is 1. The smallest absolute Gasteiger partial charge is 0.223 e. The zero-order valence-corrected chi connectivity index (χ0v) is 9.62. The molecule has 0 aliphatic heterocycles. The monoisotopic (exact) mass is 226 g/mol. The van der Waals surface area contributed by atoms with Crippen molar-refractivity contribution in [3.05, 3.63) is 12.0 Å². The van der Waals surface area contributed by atoms with Crippen LogP contribution in [0.15, 0.2) is 6.33 Å². The van der Waals surface area contributed by atoms with E-state index in [1.807, 2.05) is 13.8 Å². The molecule has 0 aromatic carbocycles. The Labute approximate surface area is 94.6 Å².